The summed E-state index contributed by atoms with van der Waals surface area (Å²) in [6.45, 7) is 0. The van der Waals surface area contributed by atoms with Gasteiger partial charge in [0.2, 0.25) is 0 Å². The van der Waals surface area contributed by atoms with Crippen LogP contribution in [0.3, 0.4) is 0 Å². The van der Waals surface area contributed by atoms with Crippen molar-refractivity contribution in [3.63, 3.8) is 0 Å². The zero-order valence-electron chi connectivity index (χ0n) is 7.13. The summed E-state index contributed by atoms with van der Waals surface area (Å²) in [6.07, 6.45) is 0. The number of hydrogen-bond acceptors (Lipinski definition) is 2. The maximum atomic E-state index is 5.92. The Balaban J connectivity index is 2.62. The van der Waals surface area contributed by atoms with Crippen LogP contribution in [0.5, 0.6) is 0 Å². The van der Waals surface area contributed by atoms with E-state index in [0.29, 0.717) is 5.02 Å². The van der Waals surface area contributed by atoms with Crippen molar-refractivity contribution in [2.75, 3.05) is 5.73 Å². The SMILES string of the molecule is Nc1ccc(Cl)cc1-c1sccc1Br. The van der Waals surface area contributed by atoms with Gasteiger partial charge in [-0.15, -0.1) is 11.3 Å². The number of nitrogens with two attached hydrogens (primary N) is 1. The molecule has 0 unspecified atom stereocenters. The first kappa shape index (κ1) is 10.0. The minimum Gasteiger partial charge on any atom is -0.398 e. The highest BCUT2D eigenvalue weighted by Crippen LogP contribution is 2.37. The van der Waals surface area contributed by atoms with E-state index in [0.717, 1.165) is 20.6 Å². The second kappa shape index (κ2) is 3.93. The number of hydrogen-bond donors (Lipinski definition) is 1. The van der Waals surface area contributed by atoms with Crippen molar-refractivity contribution in [1.82, 2.24) is 0 Å². The van der Waals surface area contributed by atoms with Crippen LogP contribution in [0, 0.1) is 0 Å². The second-order valence-corrected chi connectivity index (χ2v) is 5.04. The first-order valence-corrected chi connectivity index (χ1v) is 6.02. The average molecular weight is 289 g/mol. The van der Waals surface area contributed by atoms with E-state index >= 15 is 0 Å². The van der Waals surface area contributed by atoms with Crippen LogP contribution in [0.2, 0.25) is 5.02 Å². The fourth-order valence-electron chi connectivity index (χ4n) is 1.21. The quantitative estimate of drug-likeness (QED) is 0.773. The normalized spacial score (nSPS) is 10.4. The largest absolute Gasteiger partial charge is 0.398 e. The van der Waals surface area contributed by atoms with E-state index in [-0.39, 0.29) is 0 Å². The first-order valence-electron chi connectivity index (χ1n) is 3.97. The van der Waals surface area contributed by atoms with Gasteiger partial charge in [0.05, 0.1) is 4.88 Å². The van der Waals surface area contributed by atoms with Crippen LogP contribution in [-0.4, -0.2) is 0 Å². The molecule has 2 rings (SSSR count). The molecule has 0 radical (unpaired) electrons. The Hall–Kier alpha value is -0.510. The molecule has 1 heterocycles. The Labute approximate surface area is 99.6 Å². The van der Waals surface area contributed by atoms with E-state index < -0.39 is 0 Å². The van der Waals surface area contributed by atoms with E-state index in [1.54, 1.807) is 17.4 Å². The maximum Gasteiger partial charge on any atom is 0.0506 e. The van der Waals surface area contributed by atoms with Crippen molar-refractivity contribution in [2.24, 2.45) is 0 Å². The van der Waals surface area contributed by atoms with Gasteiger partial charge in [0.1, 0.15) is 0 Å². The van der Waals surface area contributed by atoms with Gasteiger partial charge < -0.3 is 5.73 Å². The average Bonchev–Trinajstić information content (AvgIpc) is 2.56. The van der Waals surface area contributed by atoms with Crippen molar-refractivity contribution in [2.45, 2.75) is 0 Å². The Morgan fingerprint density at radius 2 is 2.07 bits per heavy atom. The summed E-state index contributed by atoms with van der Waals surface area (Å²) in [5.41, 5.74) is 7.61. The van der Waals surface area contributed by atoms with Crippen molar-refractivity contribution in [3.8, 4) is 10.4 Å². The molecule has 4 heteroatoms. The lowest BCUT2D eigenvalue weighted by Crippen LogP contribution is -1.88. The topological polar surface area (TPSA) is 26.0 Å². The van der Waals surface area contributed by atoms with Crippen LogP contribution in [0.25, 0.3) is 10.4 Å². The summed E-state index contributed by atoms with van der Waals surface area (Å²) in [5.74, 6) is 0. The molecule has 0 aliphatic heterocycles. The van der Waals surface area contributed by atoms with Gasteiger partial charge in [-0.2, -0.15) is 0 Å². The fourth-order valence-corrected chi connectivity index (χ4v) is 3.01. The van der Waals surface area contributed by atoms with Crippen LogP contribution in [-0.2, 0) is 0 Å². The molecule has 0 saturated carbocycles. The number of halogens is 2. The highest BCUT2D eigenvalue weighted by Gasteiger charge is 2.08. The Morgan fingerprint density at radius 1 is 1.29 bits per heavy atom. The zero-order valence-corrected chi connectivity index (χ0v) is 10.3. The second-order valence-electron chi connectivity index (χ2n) is 2.83. The van der Waals surface area contributed by atoms with Crippen molar-refractivity contribution in [3.05, 3.63) is 39.1 Å². The number of benzene rings is 1. The molecular weight excluding hydrogens is 282 g/mol. The predicted molar refractivity (Wildman–Crippen MR) is 66.9 cm³/mol. The van der Waals surface area contributed by atoms with E-state index in [2.05, 4.69) is 15.9 Å². The van der Waals surface area contributed by atoms with Crippen LogP contribution in [0.4, 0.5) is 5.69 Å². The molecule has 0 aliphatic rings. The summed E-state index contributed by atoms with van der Waals surface area (Å²) in [4.78, 5) is 1.12. The fraction of sp³-hybridized carbons (Fsp3) is 0. The third kappa shape index (κ3) is 1.80. The van der Waals surface area contributed by atoms with Crippen molar-refractivity contribution >= 4 is 44.6 Å². The summed E-state index contributed by atoms with van der Waals surface area (Å²) in [5, 5.41) is 2.72. The highest BCUT2D eigenvalue weighted by molar-refractivity contribution is 9.10. The van der Waals surface area contributed by atoms with Gasteiger partial charge in [-0.1, -0.05) is 11.6 Å². The summed E-state index contributed by atoms with van der Waals surface area (Å²) >= 11 is 11.0. The van der Waals surface area contributed by atoms with Gasteiger partial charge in [-0.3, -0.25) is 0 Å². The minimum atomic E-state index is 0.703. The van der Waals surface area contributed by atoms with Crippen LogP contribution >= 0.6 is 38.9 Å². The van der Waals surface area contributed by atoms with E-state index in [4.69, 9.17) is 17.3 Å². The molecule has 0 spiro atoms. The van der Waals surface area contributed by atoms with Gasteiger partial charge in [-0.25, -0.2) is 0 Å². The monoisotopic (exact) mass is 287 g/mol. The van der Waals surface area contributed by atoms with E-state index in [9.17, 15) is 0 Å². The predicted octanol–water partition coefficient (Wildman–Crippen LogP) is 4.41. The summed E-state index contributed by atoms with van der Waals surface area (Å²) < 4.78 is 1.05. The molecular formula is C10H7BrClNS. The molecule has 0 aliphatic carbocycles. The first-order chi connectivity index (χ1) is 6.68. The molecule has 1 aromatic carbocycles. The smallest absolute Gasteiger partial charge is 0.0506 e. The van der Waals surface area contributed by atoms with Gasteiger partial charge in [-0.05, 0) is 45.6 Å². The maximum absolute atomic E-state index is 5.92. The molecule has 0 fully saturated rings. The lowest BCUT2D eigenvalue weighted by Gasteiger charge is -2.04. The highest BCUT2D eigenvalue weighted by atomic mass is 79.9. The Morgan fingerprint density at radius 3 is 2.71 bits per heavy atom. The summed E-state index contributed by atoms with van der Waals surface area (Å²) in [7, 11) is 0. The molecule has 0 atom stereocenters. The van der Waals surface area contributed by atoms with Crippen LogP contribution in [0.15, 0.2) is 34.1 Å². The molecule has 2 aromatic rings. The van der Waals surface area contributed by atoms with Gasteiger partial charge in [0, 0.05) is 20.7 Å². The van der Waals surface area contributed by atoms with Crippen molar-refractivity contribution < 1.29 is 0 Å². The van der Waals surface area contributed by atoms with E-state index in [1.807, 2.05) is 23.6 Å². The molecule has 1 aromatic heterocycles. The third-order valence-corrected chi connectivity index (χ3v) is 3.98. The molecule has 72 valence electrons. The molecule has 14 heavy (non-hydrogen) atoms. The van der Waals surface area contributed by atoms with Gasteiger partial charge in [0.15, 0.2) is 0 Å². The minimum absolute atomic E-state index is 0.703. The molecule has 2 N–H and O–H groups in total. The molecule has 0 bridgehead atoms. The van der Waals surface area contributed by atoms with Gasteiger partial charge in [0.25, 0.3) is 0 Å². The third-order valence-electron chi connectivity index (χ3n) is 1.88. The molecule has 0 saturated heterocycles. The lowest BCUT2D eigenvalue weighted by atomic mass is 10.1. The van der Waals surface area contributed by atoms with Crippen molar-refractivity contribution in [1.29, 1.82) is 0 Å². The number of thiophene rings is 1. The Kier molecular flexibility index (Phi) is 2.81. The zero-order chi connectivity index (χ0) is 10.1. The van der Waals surface area contributed by atoms with Crippen LogP contribution < -0.4 is 5.73 Å². The molecule has 1 nitrogen and oxygen atoms in total. The number of anilines is 1. The van der Waals surface area contributed by atoms with Gasteiger partial charge >= 0.3 is 0 Å². The summed E-state index contributed by atoms with van der Waals surface area (Å²) in [6, 6.07) is 7.50. The number of nitrogen functional groups attached to an aromatic ring is 1. The standard InChI is InChI=1S/C10H7BrClNS/c11-8-3-4-14-10(8)7-5-6(12)1-2-9(7)13/h1-5H,13H2. The molecule has 0 amide bonds. The lowest BCUT2D eigenvalue weighted by molar-refractivity contribution is 1.66. The number of rotatable bonds is 1. The van der Waals surface area contributed by atoms with Crippen LogP contribution in [0.1, 0.15) is 0 Å². The van der Waals surface area contributed by atoms with E-state index in [1.165, 1.54) is 0 Å². The Bertz CT molecular complexity index is 467.